The zero-order chi connectivity index (χ0) is 14.7. The number of rotatable bonds is 4. The lowest BCUT2D eigenvalue weighted by atomic mass is 10.0. The molecule has 2 heterocycles. The standard InChI is InChI=1S/C16H15N3O2/c1-21-14-5-2-12(3-6-14)16(20)13-4-7-15(18-10-13)19-9-8-17-11-19/h2-11,16,20H,1H3. The van der Waals surface area contributed by atoms with Gasteiger partial charge in [-0.1, -0.05) is 18.2 Å². The zero-order valence-corrected chi connectivity index (χ0v) is 11.5. The molecule has 0 saturated carbocycles. The van der Waals surface area contributed by atoms with Gasteiger partial charge in [0, 0.05) is 24.2 Å². The lowest BCUT2D eigenvalue weighted by Gasteiger charge is -2.12. The minimum absolute atomic E-state index is 0.708. The summed E-state index contributed by atoms with van der Waals surface area (Å²) < 4.78 is 6.92. The molecule has 1 unspecified atom stereocenters. The molecule has 0 amide bonds. The van der Waals surface area contributed by atoms with Gasteiger partial charge in [0.1, 0.15) is 24.0 Å². The second-order valence-corrected chi connectivity index (χ2v) is 4.60. The maximum atomic E-state index is 10.4. The molecule has 0 radical (unpaired) electrons. The van der Waals surface area contributed by atoms with Crippen molar-refractivity contribution < 1.29 is 9.84 Å². The van der Waals surface area contributed by atoms with E-state index >= 15 is 0 Å². The topological polar surface area (TPSA) is 60.2 Å². The van der Waals surface area contributed by atoms with E-state index in [1.807, 2.05) is 47.2 Å². The van der Waals surface area contributed by atoms with E-state index in [9.17, 15) is 5.11 Å². The summed E-state index contributed by atoms with van der Waals surface area (Å²) in [6, 6.07) is 11.0. The third-order valence-electron chi connectivity index (χ3n) is 3.29. The third kappa shape index (κ3) is 2.78. The Hall–Kier alpha value is -2.66. The first-order chi connectivity index (χ1) is 10.3. The van der Waals surface area contributed by atoms with Gasteiger partial charge in [0.05, 0.1) is 7.11 Å². The molecule has 1 N–H and O–H groups in total. The molecule has 21 heavy (non-hydrogen) atoms. The van der Waals surface area contributed by atoms with Crippen LogP contribution in [0, 0.1) is 0 Å². The Morgan fingerprint density at radius 2 is 1.86 bits per heavy atom. The summed E-state index contributed by atoms with van der Waals surface area (Å²) >= 11 is 0. The fourth-order valence-electron chi connectivity index (χ4n) is 2.09. The summed E-state index contributed by atoms with van der Waals surface area (Å²) in [4.78, 5) is 8.32. The Balaban J connectivity index is 1.82. The fourth-order valence-corrected chi connectivity index (χ4v) is 2.09. The number of imidazole rings is 1. The van der Waals surface area contributed by atoms with Crippen LogP contribution in [-0.2, 0) is 0 Å². The number of ether oxygens (including phenoxy) is 1. The highest BCUT2D eigenvalue weighted by Gasteiger charge is 2.11. The number of benzene rings is 1. The first-order valence-corrected chi connectivity index (χ1v) is 6.54. The molecule has 0 saturated heterocycles. The van der Waals surface area contributed by atoms with E-state index in [4.69, 9.17) is 4.74 Å². The van der Waals surface area contributed by atoms with Crippen LogP contribution in [0.15, 0.2) is 61.3 Å². The highest BCUT2D eigenvalue weighted by molar-refractivity contribution is 5.35. The van der Waals surface area contributed by atoms with Gasteiger partial charge in [-0.25, -0.2) is 9.97 Å². The van der Waals surface area contributed by atoms with Gasteiger partial charge in [-0.05, 0) is 23.8 Å². The summed E-state index contributed by atoms with van der Waals surface area (Å²) in [7, 11) is 1.62. The van der Waals surface area contributed by atoms with Gasteiger partial charge in [0.25, 0.3) is 0 Å². The summed E-state index contributed by atoms with van der Waals surface area (Å²) in [6.07, 6.45) is 6.16. The first-order valence-electron chi connectivity index (χ1n) is 6.54. The normalized spacial score (nSPS) is 12.1. The summed E-state index contributed by atoms with van der Waals surface area (Å²) in [5.41, 5.74) is 1.54. The molecule has 5 heteroatoms. The van der Waals surface area contributed by atoms with Crippen LogP contribution in [0.3, 0.4) is 0 Å². The second kappa shape index (κ2) is 5.76. The molecule has 5 nitrogen and oxygen atoms in total. The van der Waals surface area contributed by atoms with Crippen molar-refractivity contribution in [3.8, 4) is 11.6 Å². The molecule has 2 aromatic heterocycles. The van der Waals surface area contributed by atoms with E-state index in [1.165, 1.54) is 0 Å². The Morgan fingerprint density at radius 1 is 1.10 bits per heavy atom. The van der Waals surface area contributed by atoms with Gasteiger partial charge in [-0.2, -0.15) is 0 Å². The molecule has 0 aliphatic rings. The van der Waals surface area contributed by atoms with Crippen molar-refractivity contribution in [3.63, 3.8) is 0 Å². The average Bonchev–Trinajstić information content (AvgIpc) is 3.09. The van der Waals surface area contributed by atoms with E-state index < -0.39 is 6.10 Å². The minimum Gasteiger partial charge on any atom is -0.497 e. The van der Waals surface area contributed by atoms with E-state index in [0.717, 1.165) is 22.7 Å². The molecular weight excluding hydrogens is 266 g/mol. The van der Waals surface area contributed by atoms with Crippen molar-refractivity contribution in [3.05, 3.63) is 72.4 Å². The highest BCUT2D eigenvalue weighted by Crippen LogP contribution is 2.23. The fraction of sp³-hybridized carbons (Fsp3) is 0.125. The molecule has 0 fully saturated rings. The second-order valence-electron chi connectivity index (χ2n) is 4.60. The largest absolute Gasteiger partial charge is 0.497 e. The number of nitrogens with zero attached hydrogens (tertiary/aromatic N) is 3. The van der Waals surface area contributed by atoms with Crippen molar-refractivity contribution in [2.24, 2.45) is 0 Å². The van der Waals surface area contributed by atoms with Gasteiger partial charge in [0.2, 0.25) is 0 Å². The predicted octanol–water partition coefficient (Wildman–Crippen LogP) is 2.36. The summed E-state index contributed by atoms with van der Waals surface area (Å²) in [6.45, 7) is 0. The average molecular weight is 281 g/mol. The van der Waals surface area contributed by atoms with Gasteiger partial charge in [0.15, 0.2) is 0 Å². The minimum atomic E-state index is -0.708. The van der Waals surface area contributed by atoms with Gasteiger partial charge >= 0.3 is 0 Å². The number of aliphatic hydroxyl groups is 1. The van der Waals surface area contributed by atoms with Crippen molar-refractivity contribution in [2.45, 2.75) is 6.10 Å². The van der Waals surface area contributed by atoms with Crippen LogP contribution in [0.25, 0.3) is 5.82 Å². The number of pyridine rings is 1. The molecule has 106 valence electrons. The third-order valence-corrected chi connectivity index (χ3v) is 3.29. The van der Waals surface area contributed by atoms with Crippen LogP contribution in [-0.4, -0.2) is 26.8 Å². The monoisotopic (exact) mass is 281 g/mol. The van der Waals surface area contributed by atoms with E-state index in [-0.39, 0.29) is 0 Å². The lowest BCUT2D eigenvalue weighted by molar-refractivity contribution is 0.220. The van der Waals surface area contributed by atoms with Gasteiger partial charge in [-0.15, -0.1) is 0 Å². The number of hydrogen-bond acceptors (Lipinski definition) is 4. The zero-order valence-electron chi connectivity index (χ0n) is 11.5. The lowest BCUT2D eigenvalue weighted by Crippen LogP contribution is -2.02. The van der Waals surface area contributed by atoms with Crippen LogP contribution in [0.2, 0.25) is 0 Å². The van der Waals surface area contributed by atoms with Crippen LogP contribution in [0.4, 0.5) is 0 Å². The Morgan fingerprint density at radius 3 is 2.43 bits per heavy atom. The highest BCUT2D eigenvalue weighted by atomic mass is 16.5. The van der Waals surface area contributed by atoms with Gasteiger partial charge < -0.3 is 9.84 Å². The molecule has 0 spiro atoms. The summed E-state index contributed by atoms with van der Waals surface area (Å²) in [5.74, 6) is 1.53. The molecule has 1 aromatic carbocycles. The smallest absolute Gasteiger partial charge is 0.137 e. The molecule has 0 aliphatic heterocycles. The number of hydrogen-bond donors (Lipinski definition) is 1. The molecule has 3 aromatic rings. The van der Waals surface area contributed by atoms with Crippen LogP contribution < -0.4 is 4.74 Å². The predicted molar refractivity (Wildman–Crippen MR) is 78.4 cm³/mol. The number of aliphatic hydroxyl groups excluding tert-OH is 1. The molecule has 3 rings (SSSR count). The molecule has 0 bridgehead atoms. The Kier molecular flexibility index (Phi) is 3.66. The maximum absolute atomic E-state index is 10.4. The number of methoxy groups -OCH3 is 1. The van der Waals surface area contributed by atoms with Crippen LogP contribution >= 0.6 is 0 Å². The van der Waals surface area contributed by atoms with Crippen molar-refractivity contribution in [2.75, 3.05) is 7.11 Å². The van der Waals surface area contributed by atoms with Gasteiger partial charge in [-0.3, -0.25) is 4.57 Å². The van der Waals surface area contributed by atoms with E-state index in [0.29, 0.717) is 0 Å². The Labute approximate surface area is 122 Å². The van der Waals surface area contributed by atoms with E-state index in [2.05, 4.69) is 9.97 Å². The van der Waals surface area contributed by atoms with E-state index in [1.54, 1.807) is 25.8 Å². The quantitative estimate of drug-likeness (QED) is 0.797. The maximum Gasteiger partial charge on any atom is 0.137 e. The molecule has 0 aliphatic carbocycles. The van der Waals surface area contributed by atoms with Crippen LogP contribution in [0.5, 0.6) is 5.75 Å². The first kappa shape index (κ1) is 13.3. The molecular formula is C16H15N3O2. The summed E-state index contributed by atoms with van der Waals surface area (Å²) in [5, 5.41) is 10.4. The van der Waals surface area contributed by atoms with Crippen LogP contribution in [0.1, 0.15) is 17.2 Å². The molecule has 1 atom stereocenters. The van der Waals surface area contributed by atoms with Crippen molar-refractivity contribution >= 4 is 0 Å². The SMILES string of the molecule is COc1ccc(C(O)c2ccc(-n3ccnc3)nc2)cc1. The van der Waals surface area contributed by atoms with Crippen molar-refractivity contribution in [1.29, 1.82) is 0 Å². The number of aromatic nitrogens is 3. The van der Waals surface area contributed by atoms with Crippen molar-refractivity contribution in [1.82, 2.24) is 14.5 Å². The Bertz CT molecular complexity index is 691.